The summed E-state index contributed by atoms with van der Waals surface area (Å²) < 4.78 is 10.2. The molecule has 0 amide bonds. The lowest BCUT2D eigenvalue weighted by molar-refractivity contribution is -0.157. The van der Waals surface area contributed by atoms with Crippen LogP contribution in [-0.2, 0) is 23.9 Å². The van der Waals surface area contributed by atoms with Crippen molar-refractivity contribution in [2.24, 2.45) is 0 Å². The summed E-state index contributed by atoms with van der Waals surface area (Å²) in [5.41, 5.74) is 0.420. The number of aliphatic hydroxyl groups is 1. The number of rotatable bonds is 5. The van der Waals surface area contributed by atoms with Gasteiger partial charge in [-0.15, -0.1) is 0 Å². The van der Waals surface area contributed by atoms with Gasteiger partial charge in [-0.2, -0.15) is 0 Å². The number of carbonyl (C=O) groups is 3. The van der Waals surface area contributed by atoms with Crippen LogP contribution in [-0.4, -0.2) is 41.1 Å². The number of ether oxygens (including phenoxy) is 2. The minimum Gasteiger partial charge on any atom is -0.451 e. The summed E-state index contributed by atoms with van der Waals surface area (Å²) in [4.78, 5) is 34.3. The zero-order chi connectivity index (χ0) is 16.0. The first-order valence-electron chi connectivity index (χ1n) is 6.48. The molecule has 21 heavy (non-hydrogen) atoms. The normalized spacial score (nSPS) is 23.8. The van der Waals surface area contributed by atoms with Gasteiger partial charge in [0.05, 0.1) is 0 Å². The molecule has 114 valence electrons. The van der Waals surface area contributed by atoms with Gasteiger partial charge in [0.15, 0.2) is 18.0 Å². The fraction of sp³-hybridized carbons (Fsp3) is 0.400. The van der Waals surface area contributed by atoms with E-state index in [9.17, 15) is 14.4 Å². The zero-order valence-corrected chi connectivity index (χ0v) is 12.1. The van der Waals surface area contributed by atoms with E-state index in [0.29, 0.717) is 5.57 Å². The topological polar surface area (TPSA) is 89.9 Å². The Morgan fingerprint density at radius 3 is 2.71 bits per heavy atom. The molecule has 0 aromatic carbocycles. The quantitative estimate of drug-likeness (QED) is 0.597. The van der Waals surface area contributed by atoms with E-state index in [1.165, 1.54) is 19.1 Å². The Bertz CT molecular complexity index is 512. The molecular formula is C15H18O6. The Morgan fingerprint density at radius 1 is 1.48 bits per heavy atom. The molecule has 0 aliphatic carbocycles. The molecule has 3 atom stereocenters. The van der Waals surface area contributed by atoms with Crippen LogP contribution in [0.4, 0.5) is 0 Å². The summed E-state index contributed by atoms with van der Waals surface area (Å²) in [6.45, 7) is 4.63. The predicted molar refractivity (Wildman–Crippen MR) is 74.2 cm³/mol. The Balaban J connectivity index is 2.83. The van der Waals surface area contributed by atoms with Crippen LogP contribution in [0.1, 0.15) is 20.8 Å². The first-order valence-corrected chi connectivity index (χ1v) is 6.48. The van der Waals surface area contributed by atoms with Gasteiger partial charge in [-0.25, -0.2) is 9.59 Å². The third-order valence-corrected chi connectivity index (χ3v) is 2.86. The highest BCUT2D eigenvalue weighted by Crippen LogP contribution is 2.15. The number of esters is 2. The highest BCUT2D eigenvalue weighted by atomic mass is 16.6. The number of hydrogen-bond donors (Lipinski definition) is 1. The van der Waals surface area contributed by atoms with Crippen LogP contribution in [0.15, 0.2) is 36.0 Å². The molecule has 0 aromatic heterocycles. The summed E-state index contributed by atoms with van der Waals surface area (Å²) in [6.07, 6.45) is 3.68. The maximum Gasteiger partial charge on any atom is 0.334 e. The Labute approximate surface area is 122 Å². The molecule has 6 heteroatoms. The Kier molecular flexibility index (Phi) is 6.05. The Morgan fingerprint density at radius 2 is 2.14 bits per heavy atom. The first kappa shape index (κ1) is 16.8. The van der Waals surface area contributed by atoms with Crippen molar-refractivity contribution in [1.82, 2.24) is 0 Å². The average molecular weight is 294 g/mol. The van der Waals surface area contributed by atoms with Crippen molar-refractivity contribution in [3.05, 3.63) is 36.0 Å². The SMILES string of the molecule is C/C=C(\C)C(=O)O[C@H]1C=CC(=O)O[C@H]1/C=C\C(=O)C(C)O. The smallest absolute Gasteiger partial charge is 0.334 e. The van der Waals surface area contributed by atoms with Crippen molar-refractivity contribution < 1.29 is 29.0 Å². The predicted octanol–water partition coefficient (Wildman–Crippen LogP) is 0.852. The van der Waals surface area contributed by atoms with Gasteiger partial charge in [0.1, 0.15) is 6.10 Å². The first-order chi connectivity index (χ1) is 9.85. The second kappa shape index (κ2) is 7.54. The molecule has 0 spiro atoms. The lowest BCUT2D eigenvalue weighted by atomic mass is 10.1. The van der Waals surface area contributed by atoms with E-state index in [1.54, 1.807) is 19.9 Å². The van der Waals surface area contributed by atoms with Crippen LogP contribution in [0.2, 0.25) is 0 Å². The highest BCUT2D eigenvalue weighted by molar-refractivity contribution is 5.93. The molecule has 1 aliphatic rings. The van der Waals surface area contributed by atoms with Crippen molar-refractivity contribution in [3.8, 4) is 0 Å². The molecule has 1 N–H and O–H groups in total. The highest BCUT2D eigenvalue weighted by Gasteiger charge is 2.28. The number of allylic oxidation sites excluding steroid dienone is 1. The van der Waals surface area contributed by atoms with Crippen molar-refractivity contribution in [1.29, 1.82) is 0 Å². The van der Waals surface area contributed by atoms with E-state index < -0.39 is 36.0 Å². The van der Waals surface area contributed by atoms with Crippen LogP contribution in [0.5, 0.6) is 0 Å². The maximum atomic E-state index is 11.7. The second-order valence-corrected chi connectivity index (χ2v) is 4.54. The molecule has 1 aliphatic heterocycles. The van der Waals surface area contributed by atoms with E-state index >= 15 is 0 Å². The molecule has 0 bridgehead atoms. The van der Waals surface area contributed by atoms with Gasteiger partial charge < -0.3 is 14.6 Å². The molecule has 0 fully saturated rings. The van der Waals surface area contributed by atoms with Gasteiger partial charge in [0, 0.05) is 11.6 Å². The van der Waals surface area contributed by atoms with E-state index in [-0.39, 0.29) is 0 Å². The lowest BCUT2D eigenvalue weighted by Crippen LogP contribution is -2.35. The van der Waals surface area contributed by atoms with Crippen LogP contribution in [0.25, 0.3) is 0 Å². The molecule has 0 saturated heterocycles. The maximum absolute atomic E-state index is 11.7. The van der Waals surface area contributed by atoms with Gasteiger partial charge in [0.25, 0.3) is 0 Å². The number of aliphatic hydroxyl groups excluding tert-OH is 1. The fourth-order valence-corrected chi connectivity index (χ4v) is 1.44. The van der Waals surface area contributed by atoms with Gasteiger partial charge in [-0.05, 0) is 39.0 Å². The summed E-state index contributed by atoms with van der Waals surface area (Å²) in [7, 11) is 0. The minimum atomic E-state index is -1.15. The van der Waals surface area contributed by atoms with Crippen molar-refractivity contribution >= 4 is 17.7 Å². The largest absolute Gasteiger partial charge is 0.451 e. The third-order valence-electron chi connectivity index (χ3n) is 2.86. The second-order valence-electron chi connectivity index (χ2n) is 4.54. The van der Waals surface area contributed by atoms with Crippen LogP contribution >= 0.6 is 0 Å². The van der Waals surface area contributed by atoms with Crippen molar-refractivity contribution in [2.45, 2.75) is 39.1 Å². The summed E-state index contributed by atoms with van der Waals surface area (Å²) in [5, 5.41) is 9.10. The van der Waals surface area contributed by atoms with Crippen molar-refractivity contribution in [2.75, 3.05) is 0 Å². The lowest BCUT2D eigenvalue weighted by Gasteiger charge is -2.25. The number of hydrogen-bond acceptors (Lipinski definition) is 6. The van der Waals surface area contributed by atoms with Crippen LogP contribution in [0.3, 0.4) is 0 Å². The standard InChI is InChI=1S/C15H18O6/c1-4-9(2)15(19)21-13-7-8-14(18)20-12(13)6-5-11(17)10(3)16/h4-8,10,12-13,16H,1-3H3/b6-5-,9-4+/t10?,12-,13-/m0/s1. The molecule has 0 radical (unpaired) electrons. The monoisotopic (exact) mass is 294 g/mol. The van der Waals surface area contributed by atoms with Gasteiger partial charge in [-0.1, -0.05) is 6.08 Å². The van der Waals surface area contributed by atoms with Gasteiger partial charge in [-0.3, -0.25) is 4.79 Å². The zero-order valence-electron chi connectivity index (χ0n) is 12.1. The minimum absolute atomic E-state index is 0.420. The Hall–Kier alpha value is -2.21. The summed E-state index contributed by atoms with van der Waals surface area (Å²) in [6, 6.07) is 0. The number of ketones is 1. The van der Waals surface area contributed by atoms with E-state index in [1.807, 2.05) is 0 Å². The number of cyclic esters (lactones) is 1. The van der Waals surface area contributed by atoms with Gasteiger partial charge >= 0.3 is 11.9 Å². The van der Waals surface area contributed by atoms with Crippen LogP contribution in [0, 0.1) is 0 Å². The average Bonchev–Trinajstić information content (AvgIpc) is 2.45. The van der Waals surface area contributed by atoms with E-state index in [0.717, 1.165) is 12.2 Å². The van der Waals surface area contributed by atoms with Crippen molar-refractivity contribution in [3.63, 3.8) is 0 Å². The van der Waals surface area contributed by atoms with Crippen LogP contribution < -0.4 is 0 Å². The molecule has 0 aromatic rings. The molecular weight excluding hydrogens is 276 g/mol. The summed E-state index contributed by atoms with van der Waals surface area (Å²) in [5.74, 6) is -1.66. The van der Waals surface area contributed by atoms with Gasteiger partial charge in [0.2, 0.25) is 0 Å². The molecule has 1 heterocycles. The van der Waals surface area contributed by atoms with E-state index in [2.05, 4.69) is 0 Å². The molecule has 1 unspecified atom stereocenters. The summed E-state index contributed by atoms with van der Waals surface area (Å²) >= 11 is 0. The third kappa shape index (κ3) is 5.00. The molecule has 0 saturated carbocycles. The molecule has 1 rings (SSSR count). The number of carbonyl (C=O) groups excluding carboxylic acids is 3. The fourth-order valence-electron chi connectivity index (χ4n) is 1.44. The van der Waals surface area contributed by atoms with E-state index in [4.69, 9.17) is 14.6 Å². The molecule has 6 nitrogen and oxygen atoms in total.